The van der Waals surface area contributed by atoms with Crippen molar-refractivity contribution in [3.63, 3.8) is 0 Å². The van der Waals surface area contributed by atoms with Crippen LogP contribution in [-0.4, -0.2) is 42.1 Å². The predicted octanol–water partition coefficient (Wildman–Crippen LogP) is 1.19. The van der Waals surface area contributed by atoms with Gasteiger partial charge in [0, 0.05) is 12.4 Å². The summed E-state index contributed by atoms with van der Waals surface area (Å²) in [6, 6.07) is 0.502. The average Bonchev–Trinajstić information content (AvgIpc) is 3.13. The minimum absolute atomic E-state index is 0.502. The van der Waals surface area contributed by atoms with Gasteiger partial charge in [-0.2, -0.15) is 0 Å². The Balaban J connectivity index is 1.62. The van der Waals surface area contributed by atoms with Gasteiger partial charge in [0.15, 0.2) is 5.82 Å². The van der Waals surface area contributed by atoms with E-state index >= 15 is 0 Å². The Hall–Kier alpha value is -1.41. The van der Waals surface area contributed by atoms with E-state index in [1.54, 1.807) is 12.4 Å². The Morgan fingerprint density at radius 2 is 2.05 bits per heavy atom. The van der Waals surface area contributed by atoms with E-state index in [1.807, 2.05) is 11.7 Å². The predicted molar refractivity (Wildman–Crippen MR) is 71.0 cm³/mol. The third kappa shape index (κ3) is 3.13. The Labute approximate surface area is 119 Å². The molecule has 3 rings (SSSR count). The number of tetrazole rings is 1. The molecule has 8 heteroatoms. The summed E-state index contributed by atoms with van der Waals surface area (Å²) in [6.07, 6.45) is 5.87. The van der Waals surface area contributed by atoms with E-state index in [0.29, 0.717) is 19.1 Å². The lowest BCUT2D eigenvalue weighted by molar-refractivity contribution is 0.295. The molecule has 7 nitrogen and oxygen atoms in total. The topological polar surface area (TPSA) is 72.6 Å². The van der Waals surface area contributed by atoms with Crippen molar-refractivity contribution in [1.82, 2.24) is 35.1 Å². The largest absolute Gasteiger partial charge is 0.291 e. The first kappa shape index (κ1) is 12.6. The number of rotatable bonds is 5. The van der Waals surface area contributed by atoms with E-state index in [0.717, 1.165) is 16.1 Å². The van der Waals surface area contributed by atoms with Gasteiger partial charge in [-0.05, 0) is 46.2 Å². The highest BCUT2D eigenvalue weighted by Gasteiger charge is 2.27. The smallest absolute Gasteiger partial charge is 0.165 e. The molecule has 0 spiro atoms. The highest BCUT2D eigenvalue weighted by Crippen LogP contribution is 2.34. The zero-order valence-electron chi connectivity index (χ0n) is 10.6. The number of hydrogen-bond acceptors (Lipinski definition) is 6. The molecule has 0 aliphatic heterocycles. The number of aromatic nitrogens is 6. The quantitative estimate of drug-likeness (QED) is 0.823. The molecule has 19 heavy (non-hydrogen) atoms. The number of nitrogens with zero attached hydrogens (tertiary/aromatic N) is 7. The van der Waals surface area contributed by atoms with E-state index in [-0.39, 0.29) is 0 Å². The molecule has 0 saturated heterocycles. The molecular formula is C11H14BrN7. The van der Waals surface area contributed by atoms with Crippen LogP contribution in [0, 0.1) is 0 Å². The summed E-state index contributed by atoms with van der Waals surface area (Å²) in [5.41, 5.74) is 0. The van der Waals surface area contributed by atoms with Crippen molar-refractivity contribution in [3.05, 3.63) is 28.5 Å². The summed E-state index contributed by atoms with van der Waals surface area (Å²) in [4.78, 5) is 10.6. The maximum atomic E-state index is 4.26. The lowest BCUT2D eigenvalue weighted by Crippen LogP contribution is -2.21. The summed E-state index contributed by atoms with van der Waals surface area (Å²) in [5, 5.41) is 11.9. The summed E-state index contributed by atoms with van der Waals surface area (Å²) in [5.74, 6) is 1.69. The molecule has 0 atom stereocenters. The van der Waals surface area contributed by atoms with Crippen molar-refractivity contribution >= 4 is 15.9 Å². The van der Waals surface area contributed by atoms with Gasteiger partial charge < -0.3 is 0 Å². The number of hydrogen-bond donors (Lipinski definition) is 0. The van der Waals surface area contributed by atoms with E-state index in [1.165, 1.54) is 12.8 Å². The van der Waals surface area contributed by atoms with Crippen LogP contribution in [0.25, 0.3) is 0 Å². The zero-order valence-corrected chi connectivity index (χ0v) is 12.2. The van der Waals surface area contributed by atoms with Crippen LogP contribution in [0.4, 0.5) is 0 Å². The third-order valence-corrected chi connectivity index (χ3v) is 3.36. The molecule has 0 bridgehead atoms. The maximum Gasteiger partial charge on any atom is 0.165 e. The van der Waals surface area contributed by atoms with Gasteiger partial charge in [-0.1, -0.05) is 0 Å². The molecule has 2 aromatic rings. The second kappa shape index (κ2) is 5.30. The van der Waals surface area contributed by atoms with Crippen LogP contribution in [0.3, 0.4) is 0 Å². The molecule has 2 heterocycles. The molecule has 0 aromatic carbocycles. The normalized spacial score (nSPS) is 15.1. The second-order valence-electron chi connectivity index (χ2n) is 4.76. The van der Waals surface area contributed by atoms with Crippen LogP contribution in [0.2, 0.25) is 0 Å². The summed E-state index contributed by atoms with van der Waals surface area (Å²) >= 11 is 3.32. The van der Waals surface area contributed by atoms with Crippen molar-refractivity contribution < 1.29 is 0 Å². The van der Waals surface area contributed by atoms with Gasteiger partial charge in [0.1, 0.15) is 5.82 Å². The Morgan fingerprint density at radius 1 is 1.32 bits per heavy atom. The molecule has 2 aromatic heterocycles. The molecule has 0 amide bonds. The van der Waals surface area contributed by atoms with E-state index in [9.17, 15) is 0 Å². The zero-order chi connectivity index (χ0) is 13.2. The van der Waals surface area contributed by atoms with Crippen LogP contribution in [0.5, 0.6) is 0 Å². The van der Waals surface area contributed by atoms with Crippen molar-refractivity contribution in [2.75, 3.05) is 7.05 Å². The Bertz CT molecular complexity index is 548. The molecule has 1 aliphatic carbocycles. The van der Waals surface area contributed by atoms with Crippen molar-refractivity contribution in [2.45, 2.75) is 32.0 Å². The summed E-state index contributed by atoms with van der Waals surface area (Å²) in [6.45, 7) is 1.37. The van der Waals surface area contributed by atoms with E-state index < -0.39 is 0 Å². The minimum atomic E-state index is 0.502. The van der Waals surface area contributed by atoms with Crippen LogP contribution < -0.4 is 0 Å². The van der Waals surface area contributed by atoms with Gasteiger partial charge in [-0.15, -0.1) is 5.10 Å². The van der Waals surface area contributed by atoms with Gasteiger partial charge in [-0.3, -0.25) is 4.90 Å². The molecule has 0 unspecified atom stereocenters. The first-order valence-electron chi connectivity index (χ1n) is 6.14. The minimum Gasteiger partial charge on any atom is -0.291 e. The molecule has 100 valence electrons. The lowest BCUT2D eigenvalue weighted by atomic mass is 10.4. The van der Waals surface area contributed by atoms with Crippen molar-refractivity contribution in [3.8, 4) is 0 Å². The molecule has 0 N–H and O–H groups in total. The fourth-order valence-electron chi connectivity index (χ4n) is 1.88. The molecule has 1 saturated carbocycles. The SMILES string of the molecule is CN(Cc1ncc(Br)cn1)Cc1nnnn1C1CC1. The first-order chi connectivity index (χ1) is 9.22. The van der Waals surface area contributed by atoms with Crippen LogP contribution in [0.1, 0.15) is 30.5 Å². The standard InChI is InChI=1S/C11H14BrN7/c1-18(6-10-13-4-8(12)5-14-10)7-11-15-16-17-19(11)9-2-3-9/h4-5,9H,2-3,6-7H2,1H3. The van der Waals surface area contributed by atoms with Gasteiger partial charge in [-0.25, -0.2) is 14.6 Å². The fraction of sp³-hybridized carbons (Fsp3) is 0.545. The first-order valence-corrected chi connectivity index (χ1v) is 6.93. The lowest BCUT2D eigenvalue weighted by Gasteiger charge is -2.14. The average molecular weight is 324 g/mol. The summed E-state index contributed by atoms with van der Waals surface area (Å²) < 4.78 is 2.82. The number of halogens is 1. The van der Waals surface area contributed by atoms with Gasteiger partial charge >= 0.3 is 0 Å². The Kier molecular flexibility index (Phi) is 3.52. The Morgan fingerprint density at radius 3 is 2.74 bits per heavy atom. The van der Waals surface area contributed by atoms with Crippen LogP contribution >= 0.6 is 15.9 Å². The molecular weight excluding hydrogens is 310 g/mol. The van der Waals surface area contributed by atoms with Gasteiger partial charge in [0.05, 0.1) is 23.6 Å². The van der Waals surface area contributed by atoms with Crippen molar-refractivity contribution in [1.29, 1.82) is 0 Å². The molecule has 0 radical (unpaired) electrons. The van der Waals surface area contributed by atoms with Gasteiger partial charge in [0.25, 0.3) is 0 Å². The third-order valence-electron chi connectivity index (χ3n) is 2.95. The maximum absolute atomic E-state index is 4.26. The fourth-order valence-corrected chi connectivity index (χ4v) is 2.08. The van der Waals surface area contributed by atoms with Crippen molar-refractivity contribution in [2.24, 2.45) is 0 Å². The second-order valence-corrected chi connectivity index (χ2v) is 5.68. The highest BCUT2D eigenvalue weighted by atomic mass is 79.9. The molecule has 1 fully saturated rings. The monoisotopic (exact) mass is 323 g/mol. The van der Waals surface area contributed by atoms with E-state index in [2.05, 4.69) is 46.3 Å². The van der Waals surface area contributed by atoms with E-state index in [4.69, 9.17) is 0 Å². The van der Waals surface area contributed by atoms with Crippen LogP contribution in [0.15, 0.2) is 16.9 Å². The highest BCUT2D eigenvalue weighted by molar-refractivity contribution is 9.10. The molecule has 1 aliphatic rings. The van der Waals surface area contributed by atoms with Gasteiger partial charge in [0.2, 0.25) is 0 Å². The summed E-state index contributed by atoms with van der Waals surface area (Å²) in [7, 11) is 2.01. The van der Waals surface area contributed by atoms with Crippen LogP contribution in [-0.2, 0) is 13.1 Å².